The van der Waals surface area contributed by atoms with Crippen molar-refractivity contribution in [3.8, 4) is 11.1 Å². The third-order valence-electron chi connectivity index (χ3n) is 3.41. The average Bonchev–Trinajstić information content (AvgIpc) is 2.56. The number of benzene rings is 3. The Balaban J connectivity index is 1.60. The first-order chi connectivity index (χ1) is 10.8. The molecule has 2 N–H and O–H groups in total. The molecule has 0 bridgehead atoms. The second-order valence-electron chi connectivity index (χ2n) is 5.05. The molecule has 0 radical (unpaired) electrons. The monoisotopic (exact) mass is 308 g/mol. The lowest BCUT2D eigenvalue weighted by atomic mass is 10.0. The van der Waals surface area contributed by atoms with Crippen LogP contribution in [0.15, 0.2) is 78.9 Å². The van der Waals surface area contributed by atoms with Gasteiger partial charge in [0.05, 0.1) is 0 Å². The van der Waals surface area contributed by atoms with E-state index in [1.54, 1.807) is 0 Å². The summed E-state index contributed by atoms with van der Waals surface area (Å²) in [6.45, 7) is 0.755. The van der Waals surface area contributed by atoms with E-state index in [9.17, 15) is 0 Å². The minimum atomic E-state index is 0.755. The number of halogens is 1. The molecule has 0 saturated carbocycles. The predicted octanol–water partition coefficient (Wildman–Crippen LogP) is 5.12. The van der Waals surface area contributed by atoms with Crippen LogP contribution in [-0.2, 0) is 6.54 Å². The van der Waals surface area contributed by atoms with Gasteiger partial charge in [0.25, 0.3) is 0 Å². The van der Waals surface area contributed by atoms with Gasteiger partial charge in [-0.2, -0.15) is 0 Å². The van der Waals surface area contributed by atoms with Gasteiger partial charge in [0.2, 0.25) is 0 Å². The zero-order chi connectivity index (χ0) is 15.2. The van der Waals surface area contributed by atoms with Crippen molar-refractivity contribution in [1.82, 2.24) is 5.43 Å². The molecule has 110 valence electrons. The number of nitrogens with one attached hydrogen (secondary N) is 2. The second kappa shape index (κ2) is 7.12. The molecule has 3 aromatic rings. The second-order valence-corrected chi connectivity index (χ2v) is 5.49. The Hall–Kier alpha value is -2.29. The molecule has 3 rings (SSSR count). The molecule has 0 heterocycles. The molecule has 3 heteroatoms. The lowest BCUT2D eigenvalue weighted by Crippen LogP contribution is -2.20. The van der Waals surface area contributed by atoms with Crippen LogP contribution in [0.4, 0.5) is 5.69 Å². The molecule has 3 aromatic carbocycles. The van der Waals surface area contributed by atoms with Gasteiger partial charge in [0.1, 0.15) is 0 Å². The lowest BCUT2D eigenvalue weighted by Gasteiger charge is -2.09. The van der Waals surface area contributed by atoms with Gasteiger partial charge in [-0.05, 0) is 41.0 Å². The Kier molecular flexibility index (Phi) is 4.74. The molecule has 0 aliphatic rings. The summed E-state index contributed by atoms with van der Waals surface area (Å²) in [6.07, 6.45) is 0. The highest BCUT2D eigenvalue weighted by Crippen LogP contribution is 2.22. The van der Waals surface area contributed by atoms with Crippen molar-refractivity contribution in [3.63, 3.8) is 0 Å². The fourth-order valence-corrected chi connectivity index (χ4v) is 2.44. The number of hydrogen-bond donors (Lipinski definition) is 2. The average molecular weight is 309 g/mol. The van der Waals surface area contributed by atoms with E-state index in [1.807, 2.05) is 48.5 Å². The summed E-state index contributed by atoms with van der Waals surface area (Å²) in [5.74, 6) is 0. The van der Waals surface area contributed by atoms with Crippen LogP contribution in [0.5, 0.6) is 0 Å². The fraction of sp³-hybridized carbons (Fsp3) is 0.0526. The normalized spacial score (nSPS) is 10.4. The number of para-hydroxylation sites is 1. The van der Waals surface area contributed by atoms with Crippen molar-refractivity contribution in [3.05, 3.63) is 89.4 Å². The summed E-state index contributed by atoms with van der Waals surface area (Å²) >= 11 is 6.03. The van der Waals surface area contributed by atoms with Gasteiger partial charge in [0.15, 0.2) is 0 Å². The predicted molar refractivity (Wildman–Crippen MR) is 93.8 cm³/mol. The molecular formula is C19H17ClN2. The molecule has 0 spiro atoms. The number of hydrazine groups is 1. The van der Waals surface area contributed by atoms with Gasteiger partial charge in [-0.1, -0.05) is 66.2 Å². The highest BCUT2D eigenvalue weighted by molar-refractivity contribution is 6.30. The quantitative estimate of drug-likeness (QED) is 0.639. The van der Waals surface area contributed by atoms with Gasteiger partial charge in [-0.25, -0.2) is 5.43 Å². The minimum absolute atomic E-state index is 0.755. The Morgan fingerprint density at radius 3 is 2.23 bits per heavy atom. The molecule has 0 amide bonds. The minimum Gasteiger partial charge on any atom is -0.321 e. The van der Waals surface area contributed by atoms with Crippen molar-refractivity contribution in [2.75, 3.05) is 5.43 Å². The largest absolute Gasteiger partial charge is 0.321 e. The van der Waals surface area contributed by atoms with E-state index in [2.05, 4.69) is 41.2 Å². The van der Waals surface area contributed by atoms with Crippen LogP contribution in [0.25, 0.3) is 11.1 Å². The van der Waals surface area contributed by atoms with Gasteiger partial charge < -0.3 is 5.43 Å². The van der Waals surface area contributed by atoms with Crippen molar-refractivity contribution >= 4 is 17.3 Å². The first-order valence-corrected chi connectivity index (χ1v) is 7.58. The molecule has 0 aliphatic carbocycles. The first-order valence-electron chi connectivity index (χ1n) is 7.20. The zero-order valence-corrected chi connectivity index (χ0v) is 12.8. The van der Waals surface area contributed by atoms with Gasteiger partial charge >= 0.3 is 0 Å². The molecule has 0 aliphatic heterocycles. The lowest BCUT2D eigenvalue weighted by molar-refractivity contribution is 0.801. The van der Waals surface area contributed by atoms with Crippen LogP contribution >= 0.6 is 11.6 Å². The van der Waals surface area contributed by atoms with Crippen molar-refractivity contribution < 1.29 is 0 Å². The summed E-state index contributed by atoms with van der Waals surface area (Å²) in [5.41, 5.74) is 11.0. The maximum Gasteiger partial charge on any atom is 0.0487 e. The van der Waals surface area contributed by atoms with Crippen LogP contribution < -0.4 is 10.9 Å². The highest BCUT2D eigenvalue weighted by atomic mass is 35.5. The van der Waals surface area contributed by atoms with E-state index in [0.717, 1.165) is 22.8 Å². The van der Waals surface area contributed by atoms with Crippen LogP contribution in [0, 0.1) is 0 Å². The van der Waals surface area contributed by atoms with E-state index in [0.29, 0.717) is 0 Å². The zero-order valence-electron chi connectivity index (χ0n) is 12.1. The third kappa shape index (κ3) is 3.88. The summed E-state index contributed by atoms with van der Waals surface area (Å²) in [6, 6.07) is 26.4. The summed E-state index contributed by atoms with van der Waals surface area (Å²) in [4.78, 5) is 0. The summed E-state index contributed by atoms with van der Waals surface area (Å²) in [7, 11) is 0. The maximum atomic E-state index is 6.03. The Morgan fingerprint density at radius 1 is 0.727 bits per heavy atom. The molecule has 0 aromatic heterocycles. The Labute approximate surface area is 135 Å². The topological polar surface area (TPSA) is 24.1 Å². The number of rotatable bonds is 5. The molecule has 0 fully saturated rings. The third-order valence-corrected chi connectivity index (χ3v) is 3.65. The molecule has 0 atom stereocenters. The fourth-order valence-electron chi connectivity index (χ4n) is 2.25. The smallest absolute Gasteiger partial charge is 0.0487 e. The number of hydrogen-bond acceptors (Lipinski definition) is 2. The van der Waals surface area contributed by atoms with E-state index < -0.39 is 0 Å². The van der Waals surface area contributed by atoms with Crippen LogP contribution in [0.3, 0.4) is 0 Å². The summed E-state index contributed by atoms with van der Waals surface area (Å²) < 4.78 is 0. The highest BCUT2D eigenvalue weighted by Gasteiger charge is 1.99. The van der Waals surface area contributed by atoms with Gasteiger partial charge in [-0.15, -0.1) is 0 Å². The molecule has 2 nitrogen and oxygen atoms in total. The molecule has 0 unspecified atom stereocenters. The molecule has 22 heavy (non-hydrogen) atoms. The maximum absolute atomic E-state index is 6.03. The summed E-state index contributed by atoms with van der Waals surface area (Å²) in [5, 5.41) is 0.760. The van der Waals surface area contributed by atoms with Crippen LogP contribution in [-0.4, -0.2) is 0 Å². The van der Waals surface area contributed by atoms with Crippen molar-refractivity contribution in [2.24, 2.45) is 0 Å². The van der Waals surface area contributed by atoms with E-state index >= 15 is 0 Å². The van der Waals surface area contributed by atoms with Crippen molar-refractivity contribution in [2.45, 2.75) is 6.54 Å². The standard InChI is InChI=1S/C19H17ClN2/c20-18-6-4-5-17(13-18)16-11-9-15(10-12-16)14-21-22-19-7-2-1-3-8-19/h1-13,21-22H,14H2. The van der Waals surface area contributed by atoms with E-state index in [1.165, 1.54) is 11.1 Å². The number of anilines is 1. The van der Waals surface area contributed by atoms with Crippen LogP contribution in [0.1, 0.15) is 5.56 Å². The van der Waals surface area contributed by atoms with E-state index in [4.69, 9.17) is 11.6 Å². The van der Waals surface area contributed by atoms with E-state index in [-0.39, 0.29) is 0 Å². The van der Waals surface area contributed by atoms with Gasteiger partial charge in [-0.3, -0.25) is 0 Å². The van der Waals surface area contributed by atoms with Gasteiger partial charge in [0, 0.05) is 17.3 Å². The Morgan fingerprint density at radius 2 is 1.50 bits per heavy atom. The molecule has 0 saturated heterocycles. The molecular weight excluding hydrogens is 292 g/mol. The first kappa shape index (κ1) is 14.6. The SMILES string of the molecule is Clc1cccc(-c2ccc(CNNc3ccccc3)cc2)c1. The van der Waals surface area contributed by atoms with Crippen LogP contribution in [0.2, 0.25) is 5.02 Å². The van der Waals surface area contributed by atoms with Crippen molar-refractivity contribution in [1.29, 1.82) is 0 Å². The Bertz CT molecular complexity index is 724.